The smallest absolute Gasteiger partial charge is 0.282 e. The summed E-state index contributed by atoms with van der Waals surface area (Å²) in [6, 6.07) is 0.141. The van der Waals surface area contributed by atoms with Gasteiger partial charge in [-0.3, -0.25) is 0 Å². The average Bonchev–Trinajstić information content (AvgIpc) is 2.49. The van der Waals surface area contributed by atoms with Gasteiger partial charge in [0.1, 0.15) is 0 Å². The lowest BCUT2D eigenvalue weighted by molar-refractivity contribution is 0.219. The molecule has 1 atom stereocenters. The standard InChI is InChI=1S/C14H29N3O2S/c1-2-9-15-13-14-8-4-7-12-17(14)20(18,19)16-10-5-3-6-11-16/h14-15H,2-13H2,1H3. The Kier molecular flexibility index (Phi) is 6.26. The summed E-state index contributed by atoms with van der Waals surface area (Å²) in [6.45, 7) is 5.99. The summed E-state index contributed by atoms with van der Waals surface area (Å²) in [4.78, 5) is 0. The van der Waals surface area contributed by atoms with Crippen LogP contribution < -0.4 is 5.32 Å². The first kappa shape index (κ1) is 16.2. The van der Waals surface area contributed by atoms with Gasteiger partial charge in [-0.05, 0) is 38.6 Å². The summed E-state index contributed by atoms with van der Waals surface area (Å²) in [7, 11) is -3.24. The minimum atomic E-state index is -3.24. The lowest BCUT2D eigenvalue weighted by Gasteiger charge is -2.39. The van der Waals surface area contributed by atoms with Gasteiger partial charge in [0.25, 0.3) is 10.2 Å². The highest BCUT2D eigenvalue weighted by Gasteiger charge is 2.36. The van der Waals surface area contributed by atoms with Crippen molar-refractivity contribution in [2.45, 2.75) is 57.9 Å². The quantitative estimate of drug-likeness (QED) is 0.758. The van der Waals surface area contributed by atoms with Gasteiger partial charge >= 0.3 is 0 Å². The highest BCUT2D eigenvalue weighted by atomic mass is 32.2. The predicted octanol–water partition coefficient (Wildman–Crippen LogP) is 1.57. The van der Waals surface area contributed by atoms with Crippen molar-refractivity contribution >= 4 is 10.2 Å². The Morgan fingerprint density at radius 1 is 1.05 bits per heavy atom. The maximum Gasteiger partial charge on any atom is 0.282 e. The summed E-state index contributed by atoms with van der Waals surface area (Å²) < 4.78 is 29.1. The van der Waals surface area contributed by atoms with E-state index >= 15 is 0 Å². The van der Waals surface area contributed by atoms with Crippen LogP contribution >= 0.6 is 0 Å². The molecule has 0 amide bonds. The monoisotopic (exact) mass is 303 g/mol. The minimum absolute atomic E-state index is 0.141. The fourth-order valence-electron chi connectivity index (χ4n) is 3.17. The van der Waals surface area contributed by atoms with Gasteiger partial charge in [-0.25, -0.2) is 0 Å². The number of piperidine rings is 2. The molecule has 2 heterocycles. The van der Waals surface area contributed by atoms with Crippen LogP contribution in [0.3, 0.4) is 0 Å². The van der Waals surface area contributed by atoms with E-state index in [0.717, 1.165) is 58.0 Å². The molecule has 1 N–H and O–H groups in total. The third kappa shape index (κ3) is 3.93. The first-order valence-corrected chi connectivity index (χ1v) is 9.53. The van der Waals surface area contributed by atoms with Gasteiger partial charge in [0.2, 0.25) is 0 Å². The van der Waals surface area contributed by atoms with Crippen molar-refractivity contribution in [2.75, 3.05) is 32.7 Å². The molecule has 0 aromatic heterocycles. The predicted molar refractivity (Wildman–Crippen MR) is 81.8 cm³/mol. The zero-order chi connectivity index (χ0) is 14.4. The summed E-state index contributed by atoms with van der Waals surface area (Å²) in [5.74, 6) is 0. The Morgan fingerprint density at radius 3 is 2.45 bits per heavy atom. The number of hydrogen-bond donors (Lipinski definition) is 1. The second kappa shape index (κ2) is 7.73. The van der Waals surface area contributed by atoms with Crippen molar-refractivity contribution in [1.82, 2.24) is 13.9 Å². The van der Waals surface area contributed by atoms with E-state index in [2.05, 4.69) is 12.2 Å². The Labute approximate surface area is 123 Å². The van der Waals surface area contributed by atoms with E-state index in [0.29, 0.717) is 19.6 Å². The second-order valence-corrected chi connectivity index (χ2v) is 7.81. The first-order valence-electron chi connectivity index (χ1n) is 8.14. The topological polar surface area (TPSA) is 52.7 Å². The van der Waals surface area contributed by atoms with Crippen molar-refractivity contribution in [3.05, 3.63) is 0 Å². The Bertz CT molecular complexity index is 380. The zero-order valence-electron chi connectivity index (χ0n) is 12.7. The van der Waals surface area contributed by atoms with Gasteiger partial charge in [0.15, 0.2) is 0 Å². The largest absolute Gasteiger partial charge is 0.315 e. The summed E-state index contributed by atoms with van der Waals surface area (Å²) in [6.07, 6.45) is 7.39. The Morgan fingerprint density at radius 2 is 1.75 bits per heavy atom. The molecule has 20 heavy (non-hydrogen) atoms. The highest BCUT2D eigenvalue weighted by molar-refractivity contribution is 7.86. The summed E-state index contributed by atoms with van der Waals surface area (Å²) in [5.41, 5.74) is 0. The van der Waals surface area contributed by atoms with E-state index in [4.69, 9.17) is 0 Å². The van der Waals surface area contributed by atoms with Crippen molar-refractivity contribution in [3.63, 3.8) is 0 Å². The normalized spacial score (nSPS) is 26.8. The molecule has 5 nitrogen and oxygen atoms in total. The van der Waals surface area contributed by atoms with Crippen LogP contribution in [0.2, 0.25) is 0 Å². The Hall–Kier alpha value is -0.170. The molecule has 0 radical (unpaired) electrons. The fraction of sp³-hybridized carbons (Fsp3) is 1.00. The van der Waals surface area contributed by atoms with Gasteiger partial charge in [0, 0.05) is 32.2 Å². The highest BCUT2D eigenvalue weighted by Crippen LogP contribution is 2.24. The molecule has 0 saturated carbocycles. The molecular formula is C14H29N3O2S. The molecule has 2 aliphatic heterocycles. The van der Waals surface area contributed by atoms with Gasteiger partial charge in [0.05, 0.1) is 0 Å². The van der Waals surface area contributed by atoms with Gasteiger partial charge in [-0.2, -0.15) is 17.0 Å². The third-order valence-electron chi connectivity index (χ3n) is 4.32. The van der Waals surface area contributed by atoms with E-state index in [-0.39, 0.29) is 6.04 Å². The minimum Gasteiger partial charge on any atom is -0.315 e. The van der Waals surface area contributed by atoms with Crippen LogP contribution in [0.15, 0.2) is 0 Å². The average molecular weight is 303 g/mol. The van der Waals surface area contributed by atoms with E-state index < -0.39 is 10.2 Å². The third-order valence-corrected chi connectivity index (χ3v) is 6.41. The number of nitrogens with one attached hydrogen (secondary N) is 1. The first-order chi connectivity index (χ1) is 9.66. The maximum atomic E-state index is 12.8. The number of rotatable bonds is 6. The molecule has 0 aliphatic carbocycles. The second-order valence-electron chi connectivity index (χ2n) is 5.93. The molecule has 6 heteroatoms. The molecule has 2 rings (SSSR count). The number of nitrogens with zero attached hydrogens (tertiary/aromatic N) is 2. The molecule has 0 bridgehead atoms. The Balaban J connectivity index is 2.01. The van der Waals surface area contributed by atoms with Crippen LogP contribution in [0.1, 0.15) is 51.9 Å². The van der Waals surface area contributed by atoms with Crippen molar-refractivity contribution in [2.24, 2.45) is 0 Å². The van der Waals surface area contributed by atoms with Gasteiger partial charge in [-0.1, -0.05) is 19.8 Å². The molecule has 2 saturated heterocycles. The molecule has 1 unspecified atom stereocenters. The van der Waals surface area contributed by atoms with Crippen LogP contribution in [0, 0.1) is 0 Å². The molecule has 0 aromatic carbocycles. The van der Waals surface area contributed by atoms with E-state index in [9.17, 15) is 8.42 Å². The lowest BCUT2D eigenvalue weighted by atomic mass is 10.1. The molecule has 118 valence electrons. The van der Waals surface area contributed by atoms with Crippen LogP contribution in [0.4, 0.5) is 0 Å². The van der Waals surface area contributed by atoms with Gasteiger partial charge < -0.3 is 5.32 Å². The molecule has 2 aliphatic rings. The van der Waals surface area contributed by atoms with E-state index in [1.54, 1.807) is 8.61 Å². The zero-order valence-corrected chi connectivity index (χ0v) is 13.5. The number of hydrogen-bond acceptors (Lipinski definition) is 3. The lowest BCUT2D eigenvalue weighted by Crippen LogP contribution is -2.54. The molecular weight excluding hydrogens is 274 g/mol. The molecule has 0 aromatic rings. The fourth-order valence-corrected chi connectivity index (χ4v) is 5.10. The van der Waals surface area contributed by atoms with Crippen LogP contribution in [0.5, 0.6) is 0 Å². The van der Waals surface area contributed by atoms with E-state index in [1.807, 2.05) is 0 Å². The SMILES string of the molecule is CCCNCC1CCCCN1S(=O)(=O)N1CCCCC1. The van der Waals surface area contributed by atoms with Gasteiger partial charge in [-0.15, -0.1) is 0 Å². The molecule has 0 spiro atoms. The van der Waals surface area contributed by atoms with Crippen molar-refractivity contribution in [1.29, 1.82) is 0 Å². The van der Waals surface area contributed by atoms with Crippen molar-refractivity contribution < 1.29 is 8.42 Å². The van der Waals surface area contributed by atoms with Crippen LogP contribution in [0.25, 0.3) is 0 Å². The summed E-state index contributed by atoms with van der Waals surface area (Å²) >= 11 is 0. The van der Waals surface area contributed by atoms with E-state index in [1.165, 1.54) is 0 Å². The maximum absolute atomic E-state index is 12.8. The molecule has 2 fully saturated rings. The van der Waals surface area contributed by atoms with Crippen LogP contribution in [-0.4, -0.2) is 55.8 Å². The summed E-state index contributed by atoms with van der Waals surface area (Å²) in [5, 5.41) is 3.39. The van der Waals surface area contributed by atoms with Crippen molar-refractivity contribution in [3.8, 4) is 0 Å². The van der Waals surface area contributed by atoms with Crippen LogP contribution in [-0.2, 0) is 10.2 Å².